The summed E-state index contributed by atoms with van der Waals surface area (Å²) < 4.78 is 5.32. The van der Waals surface area contributed by atoms with E-state index in [2.05, 4.69) is 15.9 Å². The van der Waals surface area contributed by atoms with Crippen molar-refractivity contribution in [1.29, 1.82) is 0 Å². The first-order valence-corrected chi connectivity index (χ1v) is 4.72. The Balaban J connectivity index is 2.98. The molecule has 1 atom stereocenters. The van der Waals surface area contributed by atoms with Crippen molar-refractivity contribution < 1.29 is 9.53 Å². The first-order valence-electron chi connectivity index (χ1n) is 3.81. The van der Waals surface area contributed by atoms with Gasteiger partial charge in [0.2, 0.25) is 0 Å². The average Bonchev–Trinajstić information content (AvgIpc) is 2.03. The van der Waals surface area contributed by atoms with Crippen molar-refractivity contribution in [2.75, 3.05) is 0 Å². The zero-order chi connectivity index (χ0) is 9.84. The molecule has 0 bridgehead atoms. The fourth-order valence-electron chi connectivity index (χ4n) is 0.948. The van der Waals surface area contributed by atoms with Crippen LogP contribution in [0.5, 0.6) is 5.75 Å². The Kier molecular flexibility index (Phi) is 3.31. The van der Waals surface area contributed by atoms with Crippen LogP contribution in [0.2, 0.25) is 0 Å². The van der Waals surface area contributed by atoms with Crippen LogP contribution in [-0.4, -0.2) is 10.9 Å². The van der Waals surface area contributed by atoms with Crippen LogP contribution in [0.3, 0.4) is 0 Å². The van der Waals surface area contributed by atoms with Gasteiger partial charge in [0.05, 0.1) is 5.56 Å². The minimum atomic E-state index is -0.483. The Labute approximate surface area is 85.0 Å². The summed E-state index contributed by atoms with van der Waals surface area (Å²) in [4.78, 5) is 10.9. The lowest BCUT2D eigenvalue weighted by Gasteiger charge is -2.10. The van der Waals surface area contributed by atoms with Gasteiger partial charge in [-0.2, -0.15) is 0 Å². The lowest BCUT2D eigenvalue weighted by molar-refractivity contribution is 0.0996. The van der Waals surface area contributed by atoms with Crippen molar-refractivity contribution in [3.63, 3.8) is 0 Å². The molecule has 0 aliphatic carbocycles. The second-order valence-electron chi connectivity index (χ2n) is 2.52. The molecule has 0 heterocycles. The Bertz CT molecular complexity index is 312. The Morgan fingerprint density at radius 2 is 2.15 bits per heavy atom. The molecule has 0 aromatic heterocycles. The van der Waals surface area contributed by atoms with Crippen molar-refractivity contribution >= 4 is 21.8 Å². The SMILES string of the molecule is CC(Br)Oc1ccccc1C(N)=O. The summed E-state index contributed by atoms with van der Waals surface area (Å²) in [5.41, 5.74) is 5.55. The van der Waals surface area contributed by atoms with Gasteiger partial charge in [-0.05, 0) is 35.0 Å². The van der Waals surface area contributed by atoms with Crippen molar-refractivity contribution in [3.05, 3.63) is 29.8 Å². The van der Waals surface area contributed by atoms with Crippen LogP contribution in [0.4, 0.5) is 0 Å². The number of benzene rings is 1. The highest BCUT2D eigenvalue weighted by atomic mass is 79.9. The van der Waals surface area contributed by atoms with Crippen LogP contribution in [0.1, 0.15) is 17.3 Å². The number of amides is 1. The van der Waals surface area contributed by atoms with Crippen LogP contribution >= 0.6 is 15.9 Å². The first-order chi connectivity index (χ1) is 6.11. The maximum Gasteiger partial charge on any atom is 0.252 e. The third-order valence-electron chi connectivity index (χ3n) is 1.44. The number of halogens is 1. The molecule has 0 aliphatic rings. The van der Waals surface area contributed by atoms with Crippen molar-refractivity contribution in [1.82, 2.24) is 0 Å². The maximum atomic E-state index is 10.9. The number of hydrogen-bond donors (Lipinski definition) is 1. The molecule has 1 rings (SSSR count). The summed E-state index contributed by atoms with van der Waals surface area (Å²) in [6.07, 6.45) is 0. The lowest BCUT2D eigenvalue weighted by Crippen LogP contribution is -2.14. The number of carbonyl (C=O) groups excluding carboxylic acids is 1. The van der Waals surface area contributed by atoms with Gasteiger partial charge in [0.25, 0.3) is 5.91 Å². The highest BCUT2D eigenvalue weighted by Gasteiger charge is 2.09. The predicted octanol–water partition coefficient (Wildman–Crippen LogP) is 1.91. The summed E-state index contributed by atoms with van der Waals surface area (Å²) >= 11 is 3.22. The largest absolute Gasteiger partial charge is 0.479 e. The predicted molar refractivity (Wildman–Crippen MR) is 54.0 cm³/mol. The molecule has 2 N–H and O–H groups in total. The van der Waals surface area contributed by atoms with Crippen LogP contribution in [0.25, 0.3) is 0 Å². The van der Waals surface area contributed by atoms with E-state index < -0.39 is 5.91 Å². The number of para-hydroxylation sites is 1. The molecule has 0 radical (unpaired) electrons. The number of hydrogen-bond acceptors (Lipinski definition) is 2. The highest BCUT2D eigenvalue weighted by molar-refractivity contribution is 9.09. The molecule has 1 unspecified atom stereocenters. The van der Waals surface area contributed by atoms with E-state index in [9.17, 15) is 4.79 Å². The minimum absolute atomic E-state index is 0.145. The number of nitrogens with two attached hydrogens (primary N) is 1. The molecule has 70 valence electrons. The van der Waals surface area contributed by atoms with E-state index in [1.54, 1.807) is 24.3 Å². The van der Waals surface area contributed by atoms with E-state index >= 15 is 0 Å². The third kappa shape index (κ3) is 2.73. The standard InChI is InChI=1S/C9H10BrNO2/c1-6(10)13-8-5-3-2-4-7(8)9(11)12/h2-6H,1H3,(H2,11,12). The van der Waals surface area contributed by atoms with Crippen molar-refractivity contribution in [2.24, 2.45) is 5.73 Å². The van der Waals surface area contributed by atoms with E-state index in [4.69, 9.17) is 10.5 Å². The molecular weight excluding hydrogens is 234 g/mol. The van der Waals surface area contributed by atoms with Gasteiger partial charge in [-0.1, -0.05) is 12.1 Å². The van der Waals surface area contributed by atoms with Crippen LogP contribution < -0.4 is 10.5 Å². The zero-order valence-electron chi connectivity index (χ0n) is 7.16. The molecule has 0 spiro atoms. The number of alkyl halides is 1. The fraction of sp³-hybridized carbons (Fsp3) is 0.222. The van der Waals surface area contributed by atoms with Gasteiger partial charge in [0.15, 0.2) is 5.01 Å². The second kappa shape index (κ2) is 4.28. The van der Waals surface area contributed by atoms with E-state index in [0.717, 1.165) is 0 Å². The Hall–Kier alpha value is -1.03. The maximum absolute atomic E-state index is 10.9. The second-order valence-corrected chi connectivity index (χ2v) is 3.81. The first kappa shape index (κ1) is 10.1. The molecule has 0 saturated heterocycles. The van der Waals surface area contributed by atoms with Crippen LogP contribution in [0.15, 0.2) is 24.3 Å². The van der Waals surface area contributed by atoms with Crippen molar-refractivity contribution in [2.45, 2.75) is 11.9 Å². The molecule has 13 heavy (non-hydrogen) atoms. The number of carbonyl (C=O) groups is 1. The van der Waals surface area contributed by atoms with Gasteiger partial charge < -0.3 is 10.5 Å². The summed E-state index contributed by atoms with van der Waals surface area (Å²) in [7, 11) is 0. The fourth-order valence-corrected chi connectivity index (χ4v) is 1.15. The monoisotopic (exact) mass is 243 g/mol. The van der Waals surface area contributed by atoms with Gasteiger partial charge in [-0.3, -0.25) is 4.79 Å². The average molecular weight is 244 g/mol. The summed E-state index contributed by atoms with van der Waals surface area (Å²) in [6, 6.07) is 6.87. The van der Waals surface area contributed by atoms with Gasteiger partial charge in [0, 0.05) is 0 Å². The van der Waals surface area contributed by atoms with Gasteiger partial charge in [-0.25, -0.2) is 0 Å². The lowest BCUT2D eigenvalue weighted by atomic mass is 10.2. The molecule has 0 fully saturated rings. The van der Waals surface area contributed by atoms with E-state index in [0.29, 0.717) is 11.3 Å². The summed E-state index contributed by atoms with van der Waals surface area (Å²) in [5.74, 6) is 0.0168. The topological polar surface area (TPSA) is 52.3 Å². The van der Waals surface area contributed by atoms with Gasteiger partial charge >= 0.3 is 0 Å². The molecule has 4 heteroatoms. The Morgan fingerprint density at radius 1 is 1.54 bits per heavy atom. The van der Waals surface area contributed by atoms with Gasteiger partial charge in [0.1, 0.15) is 5.75 Å². The summed E-state index contributed by atoms with van der Waals surface area (Å²) in [6.45, 7) is 1.82. The summed E-state index contributed by atoms with van der Waals surface area (Å²) in [5, 5.41) is -0.145. The highest BCUT2D eigenvalue weighted by Crippen LogP contribution is 2.19. The third-order valence-corrected chi connectivity index (χ3v) is 1.63. The zero-order valence-corrected chi connectivity index (χ0v) is 8.74. The quantitative estimate of drug-likeness (QED) is 0.825. The smallest absolute Gasteiger partial charge is 0.252 e. The van der Waals surface area contributed by atoms with Crippen molar-refractivity contribution in [3.8, 4) is 5.75 Å². The molecule has 0 aliphatic heterocycles. The number of ether oxygens (including phenoxy) is 1. The number of primary amides is 1. The molecule has 1 amide bonds. The molecule has 1 aromatic rings. The Morgan fingerprint density at radius 3 is 2.69 bits per heavy atom. The van der Waals surface area contributed by atoms with E-state index in [-0.39, 0.29) is 5.01 Å². The molecule has 1 aromatic carbocycles. The van der Waals surface area contributed by atoms with Crippen LogP contribution in [0, 0.1) is 0 Å². The molecular formula is C9H10BrNO2. The molecule has 3 nitrogen and oxygen atoms in total. The van der Waals surface area contributed by atoms with E-state index in [1.807, 2.05) is 6.92 Å². The van der Waals surface area contributed by atoms with E-state index in [1.165, 1.54) is 0 Å². The number of rotatable bonds is 3. The van der Waals surface area contributed by atoms with Crippen LogP contribution in [-0.2, 0) is 0 Å². The minimum Gasteiger partial charge on any atom is -0.479 e. The normalized spacial score (nSPS) is 12.2. The molecule has 0 saturated carbocycles. The van der Waals surface area contributed by atoms with Gasteiger partial charge in [-0.15, -0.1) is 0 Å².